The maximum Gasteiger partial charge on any atom is 0.251 e. The number of nitrogens with zero attached hydrogens (tertiary/aromatic N) is 4. The van der Waals surface area contributed by atoms with Gasteiger partial charge >= 0.3 is 0 Å². The van der Waals surface area contributed by atoms with Crippen molar-refractivity contribution >= 4 is 23.2 Å². The van der Waals surface area contributed by atoms with Gasteiger partial charge in [-0.3, -0.25) is 4.79 Å². The van der Waals surface area contributed by atoms with Crippen LogP contribution >= 0.6 is 11.3 Å². The molecule has 4 heterocycles. The Morgan fingerprint density at radius 1 is 1.17 bits per heavy atom. The Morgan fingerprint density at radius 2 is 1.97 bits per heavy atom. The Balaban J connectivity index is 0.000000230. The van der Waals surface area contributed by atoms with Gasteiger partial charge in [-0.05, 0) is 12.5 Å². The zero-order chi connectivity index (χ0) is 20.9. The molecule has 8 nitrogen and oxygen atoms in total. The van der Waals surface area contributed by atoms with Gasteiger partial charge in [0.25, 0.3) is 5.91 Å². The minimum Gasteiger partial charge on any atom is -0.383 e. The third-order valence-electron chi connectivity index (χ3n) is 4.82. The van der Waals surface area contributed by atoms with E-state index in [4.69, 9.17) is 9.84 Å². The van der Waals surface area contributed by atoms with Crippen LogP contribution in [0, 0.1) is 0 Å². The maximum absolute atomic E-state index is 10.6. The SMILES string of the molecule is CN1CCC(O)C1=O.c1ccc(-c2csc(-c3ccnc(NC4COC4)n3)n2)cc1. The first kappa shape index (κ1) is 20.4. The normalized spacial score (nSPS) is 18.5. The van der Waals surface area contributed by atoms with E-state index in [0.717, 1.165) is 22.0 Å². The lowest BCUT2D eigenvalue weighted by molar-refractivity contribution is -0.133. The Morgan fingerprint density at radius 3 is 2.57 bits per heavy atom. The van der Waals surface area contributed by atoms with Gasteiger partial charge in [0.15, 0.2) is 0 Å². The minimum absolute atomic E-state index is 0.148. The molecule has 3 aromatic rings. The molecule has 30 heavy (non-hydrogen) atoms. The molecule has 0 bridgehead atoms. The number of anilines is 1. The Kier molecular flexibility index (Phi) is 6.32. The van der Waals surface area contributed by atoms with E-state index in [1.807, 2.05) is 24.3 Å². The number of likely N-dealkylation sites (N-methyl/N-ethyl adjacent to an activating group) is 1. The predicted octanol–water partition coefficient (Wildman–Crippen LogP) is 2.29. The van der Waals surface area contributed by atoms with Gasteiger partial charge in [-0.2, -0.15) is 0 Å². The highest BCUT2D eigenvalue weighted by molar-refractivity contribution is 7.13. The second-order valence-electron chi connectivity index (χ2n) is 7.11. The van der Waals surface area contributed by atoms with E-state index in [0.29, 0.717) is 38.2 Å². The maximum atomic E-state index is 10.6. The largest absolute Gasteiger partial charge is 0.383 e. The summed E-state index contributed by atoms with van der Waals surface area (Å²) in [6.07, 6.45) is 1.63. The number of aliphatic hydroxyl groups is 1. The summed E-state index contributed by atoms with van der Waals surface area (Å²) >= 11 is 1.59. The van der Waals surface area contributed by atoms with Crippen LogP contribution in [0.5, 0.6) is 0 Å². The average Bonchev–Trinajstić information content (AvgIpc) is 3.35. The number of hydrogen-bond donors (Lipinski definition) is 2. The van der Waals surface area contributed by atoms with Crippen molar-refractivity contribution in [2.24, 2.45) is 0 Å². The quantitative estimate of drug-likeness (QED) is 0.661. The van der Waals surface area contributed by atoms with Crippen LogP contribution in [0.2, 0.25) is 0 Å². The summed E-state index contributed by atoms with van der Waals surface area (Å²) in [4.78, 5) is 25.6. The molecule has 1 aromatic carbocycles. The van der Waals surface area contributed by atoms with E-state index in [1.165, 1.54) is 4.90 Å². The molecule has 2 fully saturated rings. The van der Waals surface area contributed by atoms with Gasteiger partial charge in [-0.1, -0.05) is 30.3 Å². The third-order valence-corrected chi connectivity index (χ3v) is 5.68. The number of amides is 1. The van der Waals surface area contributed by atoms with Crippen LogP contribution in [-0.2, 0) is 9.53 Å². The standard InChI is InChI=1S/C16H14N4OS.C5H9NO2/c1-2-4-11(5-3-1)14-10-22-15(19-14)13-6-7-17-16(20-13)18-12-8-21-9-12;1-6-3-2-4(7)5(6)8/h1-7,10,12H,8-9H2,(H,17,18,20);4,7H,2-3H2,1H3. The molecule has 2 aliphatic rings. The van der Waals surface area contributed by atoms with Crippen LogP contribution in [0.15, 0.2) is 48.0 Å². The number of carbonyl (C=O) groups excluding carboxylic acids is 1. The number of thiazole rings is 1. The van der Waals surface area contributed by atoms with Crippen LogP contribution in [0.25, 0.3) is 22.0 Å². The topological polar surface area (TPSA) is 100 Å². The molecule has 2 saturated heterocycles. The number of benzene rings is 1. The molecule has 5 rings (SSSR count). The lowest BCUT2D eigenvalue weighted by Crippen LogP contribution is -2.40. The lowest BCUT2D eigenvalue weighted by Gasteiger charge is -2.26. The summed E-state index contributed by atoms with van der Waals surface area (Å²) in [7, 11) is 1.69. The van der Waals surface area contributed by atoms with E-state index in [2.05, 4.69) is 37.8 Å². The van der Waals surface area contributed by atoms with Crippen LogP contribution in [0.1, 0.15) is 6.42 Å². The van der Waals surface area contributed by atoms with E-state index >= 15 is 0 Å². The fraction of sp³-hybridized carbons (Fsp3) is 0.333. The van der Waals surface area contributed by atoms with Crippen LogP contribution in [-0.4, -0.2) is 69.8 Å². The predicted molar refractivity (Wildman–Crippen MR) is 115 cm³/mol. The second-order valence-corrected chi connectivity index (χ2v) is 7.97. The molecule has 1 unspecified atom stereocenters. The number of rotatable bonds is 4. The van der Waals surface area contributed by atoms with Crippen molar-refractivity contribution in [1.82, 2.24) is 19.9 Å². The zero-order valence-corrected chi connectivity index (χ0v) is 17.4. The summed E-state index contributed by atoms with van der Waals surface area (Å²) in [5, 5.41) is 15.0. The number of ether oxygens (including phenoxy) is 1. The van der Waals surface area contributed by atoms with E-state index < -0.39 is 6.10 Å². The molecule has 0 spiro atoms. The van der Waals surface area contributed by atoms with Crippen molar-refractivity contribution in [3.05, 3.63) is 48.0 Å². The van der Waals surface area contributed by atoms with Gasteiger partial charge in [-0.25, -0.2) is 15.0 Å². The van der Waals surface area contributed by atoms with Crippen LogP contribution < -0.4 is 5.32 Å². The van der Waals surface area contributed by atoms with E-state index in [9.17, 15) is 4.79 Å². The summed E-state index contributed by atoms with van der Waals surface area (Å²) < 4.78 is 5.15. The number of nitrogens with one attached hydrogen (secondary N) is 1. The summed E-state index contributed by atoms with van der Waals surface area (Å²) in [6.45, 7) is 2.12. The third kappa shape index (κ3) is 4.81. The zero-order valence-electron chi connectivity index (χ0n) is 16.6. The first-order chi connectivity index (χ1) is 14.6. The van der Waals surface area contributed by atoms with Crippen molar-refractivity contribution in [2.75, 3.05) is 32.1 Å². The van der Waals surface area contributed by atoms with Crippen molar-refractivity contribution in [3.8, 4) is 22.0 Å². The molecule has 156 valence electrons. The molecule has 2 aliphatic heterocycles. The van der Waals surface area contributed by atoms with E-state index in [-0.39, 0.29) is 5.91 Å². The van der Waals surface area contributed by atoms with Gasteiger partial charge in [0, 0.05) is 30.7 Å². The number of hydrogen-bond acceptors (Lipinski definition) is 8. The summed E-state index contributed by atoms with van der Waals surface area (Å²) in [5.41, 5.74) is 2.93. The molecule has 2 aromatic heterocycles. The van der Waals surface area contributed by atoms with Crippen molar-refractivity contribution < 1.29 is 14.6 Å². The van der Waals surface area contributed by atoms with Crippen LogP contribution in [0.3, 0.4) is 0 Å². The number of carbonyl (C=O) groups is 1. The monoisotopic (exact) mass is 425 g/mol. The molecule has 2 N–H and O–H groups in total. The van der Waals surface area contributed by atoms with Gasteiger partial charge in [0.05, 0.1) is 24.9 Å². The Labute approximate surface area is 178 Å². The molecule has 1 amide bonds. The minimum atomic E-state index is -0.722. The number of aliphatic hydroxyl groups excluding tert-OH is 1. The number of likely N-dealkylation sites (tertiary alicyclic amines) is 1. The molecule has 9 heteroatoms. The van der Waals surface area contributed by atoms with Crippen molar-refractivity contribution in [1.29, 1.82) is 0 Å². The second kappa shape index (κ2) is 9.29. The van der Waals surface area contributed by atoms with Crippen molar-refractivity contribution in [2.45, 2.75) is 18.6 Å². The molecule has 0 radical (unpaired) electrons. The Hall–Kier alpha value is -2.88. The summed E-state index contributed by atoms with van der Waals surface area (Å²) in [6, 6.07) is 12.3. The molecule has 0 aliphatic carbocycles. The van der Waals surface area contributed by atoms with Gasteiger partial charge < -0.3 is 20.1 Å². The molecular formula is C21H23N5O3S. The van der Waals surface area contributed by atoms with Gasteiger partial charge in [-0.15, -0.1) is 11.3 Å². The Bertz CT molecular complexity index is 981. The van der Waals surface area contributed by atoms with Gasteiger partial charge in [0.1, 0.15) is 16.8 Å². The lowest BCUT2D eigenvalue weighted by atomic mass is 10.2. The molecule has 1 atom stereocenters. The highest BCUT2D eigenvalue weighted by Crippen LogP contribution is 2.28. The average molecular weight is 426 g/mol. The fourth-order valence-electron chi connectivity index (χ4n) is 2.99. The first-order valence-corrected chi connectivity index (χ1v) is 10.6. The highest BCUT2D eigenvalue weighted by Gasteiger charge is 2.26. The van der Waals surface area contributed by atoms with Gasteiger partial charge in [0.2, 0.25) is 5.95 Å². The molecular weight excluding hydrogens is 402 g/mol. The first-order valence-electron chi connectivity index (χ1n) is 9.72. The van der Waals surface area contributed by atoms with Crippen LogP contribution in [0.4, 0.5) is 5.95 Å². The van der Waals surface area contributed by atoms with Crippen molar-refractivity contribution in [3.63, 3.8) is 0 Å². The number of aromatic nitrogens is 3. The highest BCUT2D eigenvalue weighted by atomic mass is 32.1. The fourth-order valence-corrected chi connectivity index (χ4v) is 3.78. The summed E-state index contributed by atoms with van der Waals surface area (Å²) in [5.74, 6) is 0.479. The van der Waals surface area contributed by atoms with E-state index in [1.54, 1.807) is 24.6 Å². The smallest absolute Gasteiger partial charge is 0.251 e. The molecule has 0 saturated carbocycles.